The Morgan fingerprint density at radius 2 is 2.06 bits per heavy atom. The first-order valence-corrected chi connectivity index (χ1v) is 5.73. The second-order valence-corrected chi connectivity index (χ2v) is 4.32. The Balaban J connectivity index is 2.23. The number of hydrogen-bond acceptors (Lipinski definition) is 4. The van der Waals surface area contributed by atoms with Crippen molar-refractivity contribution in [1.82, 2.24) is 19.7 Å². The molecule has 0 unspecified atom stereocenters. The Morgan fingerprint density at radius 3 is 2.61 bits per heavy atom. The number of nitrogens with one attached hydrogen (secondary N) is 1. The van der Waals surface area contributed by atoms with E-state index in [-0.39, 0.29) is 22.2 Å². The SMILES string of the molecule is Cc1cc(C(=O)Nc2cc(Cl)nc(Cl)n2)n(C)n1. The van der Waals surface area contributed by atoms with Crippen LogP contribution in [0.5, 0.6) is 0 Å². The number of hydrogen-bond donors (Lipinski definition) is 1. The molecule has 0 aliphatic rings. The van der Waals surface area contributed by atoms with Crippen molar-refractivity contribution in [3.63, 3.8) is 0 Å². The topological polar surface area (TPSA) is 72.7 Å². The van der Waals surface area contributed by atoms with Gasteiger partial charge in [0.15, 0.2) is 0 Å². The first kappa shape index (κ1) is 12.8. The quantitative estimate of drug-likeness (QED) is 0.677. The molecule has 1 N–H and O–H groups in total. The molecule has 0 aromatic carbocycles. The van der Waals surface area contributed by atoms with E-state index in [9.17, 15) is 4.79 Å². The van der Waals surface area contributed by atoms with Crippen molar-refractivity contribution in [3.05, 3.63) is 34.0 Å². The van der Waals surface area contributed by atoms with Gasteiger partial charge < -0.3 is 5.32 Å². The van der Waals surface area contributed by atoms with Crippen LogP contribution in [0.15, 0.2) is 12.1 Å². The largest absolute Gasteiger partial charge is 0.305 e. The number of carbonyl (C=O) groups excluding carboxylic acids is 1. The fourth-order valence-corrected chi connectivity index (χ4v) is 1.87. The molecule has 18 heavy (non-hydrogen) atoms. The van der Waals surface area contributed by atoms with Gasteiger partial charge in [-0.15, -0.1) is 0 Å². The summed E-state index contributed by atoms with van der Waals surface area (Å²) in [4.78, 5) is 19.5. The van der Waals surface area contributed by atoms with Gasteiger partial charge in [0.25, 0.3) is 5.91 Å². The second kappa shape index (κ2) is 4.91. The summed E-state index contributed by atoms with van der Waals surface area (Å²) in [5.41, 5.74) is 1.17. The summed E-state index contributed by atoms with van der Waals surface area (Å²) in [7, 11) is 1.68. The Labute approximate surface area is 113 Å². The van der Waals surface area contributed by atoms with E-state index in [0.717, 1.165) is 5.69 Å². The molecule has 0 saturated heterocycles. The molecule has 0 radical (unpaired) electrons. The molecule has 0 saturated carbocycles. The molecule has 8 heteroatoms. The summed E-state index contributed by atoms with van der Waals surface area (Å²) in [5.74, 6) is -0.104. The van der Waals surface area contributed by atoms with Crippen LogP contribution < -0.4 is 5.32 Å². The molecule has 0 aliphatic heterocycles. The van der Waals surface area contributed by atoms with E-state index in [1.807, 2.05) is 0 Å². The van der Waals surface area contributed by atoms with Gasteiger partial charge in [0.2, 0.25) is 5.28 Å². The third-order valence-electron chi connectivity index (χ3n) is 2.14. The molecule has 1 amide bonds. The molecule has 94 valence electrons. The van der Waals surface area contributed by atoms with Gasteiger partial charge in [0.1, 0.15) is 16.7 Å². The standard InChI is InChI=1S/C10H9Cl2N5O/c1-5-3-6(17(2)16-5)9(18)14-8-4-7(11)13-10(12)15-8/h3-4H,1-2H3,(H,13,14,15,18). The zero-order valence-corrected chi connectivity index (χ0v) is 11.1. The number of amides is 1. The number of carbonyl (C=O) groups is 1. The number of nitrogens with zero attached hydrogens (tertiary/aromatic N) is 4. The molecule has 0 atom stereocenters. The zero-order valence-electron chi connectivity index (χ0n) is 9.61. The molecule has 0 aliphatic carbocycles. The van der Waals surface area contributed by atoms with Crippen LogP contribution in [0.4, 0.5) is 5.82 Å². The van der Waals surface area contributed by atoms with Gasteiger partial charge in [-0.25, -0.2) is 9.97 Å². The van der Waals surface area contributed by atoms with E-state index in [1.165, 1.54) is 10.7 Å². The third-order valence-corrected chi connectivity index (χ3v) is 2.51. The fraction of sp³-hybridized carbons (Fsp3) is 0.200. The molecule has 2 heterocycles. The molecule has 0 fully saturated rings. The van der Waals surface area contributed by atoms with Crippen molar-refractivity contribution >= 4 is 34.9 Å². The predicted molar refractivity (Wildman–Crippen MR) is 68.0 cm³/mol. The minimum atomic E-state index is -0.344. The highest BCUT2D eigenvalue weighted by atomic mass is 35.5. The Hall–Kier alpha value is -1.66. The number of aryl methyl sites for hydroxylation is 2. The smallest absolute Gasteiger partial charge is 0.275 e. The van der Waals surface area contributed by atoms with Crippen LogP contribution in [-0.4, -0.2) is 25.7 Å². The monoisotopic (exact) mass is 285 g/mol. The third kappa shape index (κ3) is 2.77. The summed E-state index contributed by atoms with van der Waals surface area (Å²) in [6.45, 7) is 1.80. The maximum Gasteiger partial charge on any atom is 0.275 e. The maximum absolute atomic E-state index is 12.0. The lowest BCUT2D eigenvalue weighted by Gasteiger charge is -2.04. The van der Waals surface area contributed by atoms with E-state index in [4.69, 9.17) is 23.2 Å². The first-order chi connectivity index (χ1) is 8.45. The summed E-state index contributed by atoms with van der Waals surface area (Å²) in [6, 6.07) is 3.08. The van der Waals surface area contributed by atoms with Gasteiger partial charge in [-0.1, -0.05) is 11.6 Å². The van der Waals surface area contributed by atoms with Crippen LogP contribution >= 0.6 is 23.2 Å². The zero-order chi connectivity index (χ0) is 13.3. The minimum absolute atomic E-state index is 0.0287. The summed E-state index contributed by atoms with van der Waals surface area (Å²) in [5, 5.41) is 6.78. The van der Waals surface area contributed by atoms with Crippen LogP contribution in [0.25, 0.3) is 0 Å². The molecule has 0 bridgehead atoms. The number of rotatable bonds is 2. The van der Waals surface area contributed by atoms with Crippen molar-refractivity contribution in [2.45, 2.75) is 6.92 Å². The fourth-order valence-electron chi connectivity index (χ4n) is 1.46. The van der Waals surface area contributed by atoms with Crippen LogP contribution in [-0.2, 0) is 7.05 Å². The average Bonchev–Trinajstić information content (AvgIpc) is 2.56. The van der Waals surface area contributed by atoms with Crippen molar-refractivity contribution in [1.29, 1.82) is 0 Å². The van der Waals surface area contributed by atoms with Crippen LogP contribution in [0, 0.1) is 6.92 Å². The predicted octanol–water partition coefficient (Wildman–Crippen LogP) is 2.08. The van der Waals surface area contributed by atoms with Crippen molar-refractivity contribution in [2.24, 2.45) is 7.05 Å². The van der Waals surface area contributed by atoms with E-state index in [0.29, 0.717) is 5.69 Å². The van der Waals surface area contributed by atoms with Gasteiger partial charge in [-0.3, -0.25) is 9.48 Å². The number of aromatic nitrogens is 4. The van der Waals surface area contributed by atoms with E-state index in [2.05, 4.69) is 20.4 Å². The van der Waals surface area contributed by atoms with Crippen LogP contribution in [0.3, 0.4) is 0 Å². The molecule has 2 rings (SSSR count). The lowest BCUT2D eigenvalue weighted by Crippen LogP contribution is -2.17. The summed E-state index contributed by atoms with van der Waals surface area (Å²) < 4.78 is 1.48. The van der Waals surface area contributed by atoms with Gasteiger partial charge >= 0.3 is 0 Å². The lowest BCUT2D eigenvalue weighted by atomic mass is 10.3. The highest BCUT2D eigenvalue weighted by Crippen LogP contribution is 2.15. The molecular formula is C10H9Cl2N5O. The van der Waals surface area contributed by atoms with Gasteiger partial charge in [0, 0.05) is 13.1 Å². The van der Waals surface area contributed by atoms with Gasteiger partial charge in [0.05, 0.1) is 5.69 Å². The normalized spacial score (nSPS) is 10.4. The van der Waals surface area contributed by atoms with E-state index in [1.54, 1.807) is 20.0 Å². The van der Waals surface area contributed by atoms with E-state index >= 15 is 0 Å². The highest BCUT2D eigenvalue weighted by Gasteiger charge is 2.13. The van der Waals surface area contributed by atoms with Crippen LogP contribution in [0.1, 0.15) is 16.2 Å². The van der Waals surface area contributed by atoms with E-state index < -0.39 is 0 Å². The van der Waals surface area contributed by atoms with Gasteiger partial charge in [-0.2, -0.15) is 5.10 Å². The average molecular weight is 286 g/mol. The minimum Gasteiger partial charge on any atom is -0.305 e. The Bertz CT molecular complexity index is 590. The molecule has 0 spiro atoms. The highest BCUT2D eigenvalue weighted by molar-refractivity contribution is 6.32. The lowest BCUT2D eigenvalue weighted by molar-refractivity contribution is 0.101. The summed E-state index contributed by atoms with van der Waals surface area (Å²) >= 11 is 11.4. The van der Waals surface area contributed by atoms with Crippen molar-refractivity contribution in [3.8, 4) is 0 Å². The molecular weight excluding hydrogens is 277 g/mol. The number of anilines is 1. The van der Waals surface area contributed by atoms with Gasteiger partial charge in [-0.05, 0) is 24.6 Å². The van der Waals surface area contributed by atoms with Crippen molar-refractivity contribution in [2.75, 3.05) is 5.32 Å². The maximum atomic E-state index is 12.0. The van der Waals surface area contributed by atoms with Crippen molar-refractivity contribution < 1.29 is 4.79 Å². The summed E-state index contributed by atoms with van der Waals surface area (Å²) in [6.07, 6.45) is 0. The van der Waals surface area contributed by atoms with Crippen LogP contribution in [0.2, 0.25) is 10.4 Å². The molecule has 2 aromatic heterocycles. The second-order valence-electron chi connectivity index (χ2n) is 3.59. The first-order valence-electron chi connectivity index (χ1n) is 4.98. The molecule has 2 aromatic rings. The number of halogens is 2. The Kier molecular flexibility index (Phi) is 3.49. The Morgan fingerprint density at radius 1 is 1.33 bits per heavy atom. The molecule has 6 nitrogen and oxygen atoms in total.